The molecule has 35 heavy (non-hydrogen) atoms. The molecule has 186 valence electrons. The third-order valence-corrected chi connectivity index (χ3v) is 6.88. The second-order valence-corrected chi connectivity index (χ2v) is 9.85. The predicted octanol–water partition coefficient (Wildman–Crippen LogP) is 2.78. The van der Waals surface area contributed by atoms with E-state index in [2.05, 4.69) is 15.0 Å². The van der Waals surface area contributed by atoms with Crippen molar-refractivity contribution in [2.45, 2.75) is 37.2 Å². The van der Waals surface area contributed by atoms with E-state index in [1.54, 1.807) is 26.1 Å². The maximum atomic E-state index is 12.7. The first kappa shape index (κ1) is 26.0. The van der Waals surface area contributed by atoms with Crippen molar-refractivity contribution >= 4 is 38.9 Å². The lowest BCUT2D eigenvalue weighted by molar-refractivity contribution is -0.144. The zero-order valence-electron chi connectivity index (χ0n) is 20.0. The molecule has 3 N–H and O–H groups in total. The van der Waals surface area contributed by atoms with E-state index < -0.39 is 27.9 Å². The largest absolute Gasteiger partial charge is 0.495 e. The average molecular weight is 500 g/mol. The zero-order valence-corrected chi connectivity index (χ0v) is 20.8. The average Bonchev–Trinajstić information content (AvgIpc) is 3.23. The molecule has 9 nitrogen and oxygen atoms in total. The fraction of sp³-hybridized carbons (Fsp3) is 0.280. The molecule has 0 aliphatic carbocycles. The molecule has 0 bridgehead atoms. The highest BCUT2D eigenvalue weighted by atomic mass is 32.2. The van der Waals surface area contributed by atoms with Crippen LogP contribution in [0.5, 0.6) is 5.75 Å². The van der Waals surface area contributed by atoms with E-state index in [0.29, 0.717) is 5.56 Å². The molecule has 0 radical (unpaired) electrons. The monoisotopic (exact) mass is 499 g/mol. The van der Waals surface area contributed by atoms with Gasteiger partial charge < -0.3 is 19.8 Å². The van der Waals surface area contributed by atoms with Crippen molar-refractivity contribution < 1.29 is 27.5 Å². The predicted molar refractivity (Wildman–Crippen MR) is 133 cm³/mol. The molecule has 1 atom stereocenters. The van der Waals surface area contributed by atoms with Crippen LogP contribution in [0, 0.1) is 0 Å². The summed E-state index contributed by atoms with van der Waals surface area (Å²) in [5, 5.41) is 3.62. The van der Waals surface area contributed by atoms with Gasteiger partial charge in [0.25, 0.3) is 0 Å². The summed E-state index contributed by atoms with van der Waals surface area (Å²) >= 11 is 0. The number of amides is 1. The number of hydrogen-bond donors (Lipinski definition) is 3. The molecule has 1 aromatic heterocycles. The molecule has 0 saturated heterocycles. The Morgan fingerprint density at radius 1 is 1.11 bits per heavy atom. The highest BCUT2D eigenvalue weighted by molar-refractivity contribution is 7.89. The van der Waals surface area contributed by atoms with Crippen LogP contribution < -0.4 is 14.8 Å². The van der Waals surface area contributed by atoms with Crippen LogP contribution in [0.15, 0.2) is 59.6 Å². The number of H-pyrrole nitrogens is 1. The van der Waals surface area contributed by atoms with Gasteiger partial charge in [-0.2, -0.15) is 0 Å². The second-order valence-electron chi connectivity index (χ2n) is 8.17. The van der Waals surface area contributed by atoms with E-state index in [1.165, 1.54) is 38.5 Å². The normalized spacial score (nSPS) is 12.7. The number of benzene rings is 2. The standard InChI is InChI=1S/C25H29N3O6S/c1-16(2)28-35(31,32)23-13-17(9-11-22(23)33-3)10-12-24(29)27-21(25(30)34-4)14-18-15-26-20-8-6-5-7-19(18)20/h5-13,15-16,21,26,28H,14H2,1-4H3,(H,27,29)/b12-10-/t21-/m0/s1. The highest BCUT2D eigenvalue weighted by Gasteiger charge is 2.23. The van der Waals surface area contributed by atoms with E-state index >= 15 is 0 Å². The Morgan fingerprint density at radius 3 is 2.54 bits per heavy atom. The van der Waals surface area contributed by atoms with Gasteiger partial charge in [-0.3, -0.25) is 4.79 Å². The Bertz CT molecular complexity index is 1340. The van der Waals surface area contributed by atoms with Crippen LogP contribution in [-0.4, -0.2) is 51.6 Å². The SMILES string of the molecule is COC(=O)[C@H](Cc1c[nH]c2ccccc12)NC(=O)/C=C\c1ccc(OC)c(S(=O)(=O)NC(C)C)c1. The quantitative estimate of drug-likeness (QED) is 0.291. The van der Waals surface area contributed by atoms with Crippen LogP contribution >= 0.6 is 0 Å². The van der Waals surface area contributed by atoms with Gasteiger partial charge in [0, 0.05) is 35.6 Å². The van der Waals surface area contributed by atoms with E-state index in [9.17, 15) is 18.0 Å². The summed E-state index contributed by atoms with van der Waals surface area (Å²) in [7, 11) is -1.17. The van der Waals surface area contributed by atoms with Gasteiger partial charge in [0.05, 0.1) is 14.2 Å². The number of carbonyl (C=O) groups excluding carboxylic acids is 2. The molecule has 2 aromatic carbocycles. The smallest absolute Gasteiger partial charge is 0.328 e. The summed E-state index contributed by atoms with van der Waals surface area (Å²) in [4.78, 5) is 28.1. The number of aromatic amines is 1. The molecule has 1 heterocycles. The summed E-state index contributed by atoms with van der Waals surface area (Å²) in [5.74, 6) is -0.917. The fourth-order valence-corrected chi connectivity index (χ4v) is 5.08. The van der Waals surface area contributed by atoms with Gasteiger partial charge in [-0.05, 0) is 49.2 Å². The van der Waals surface area contributed by atoms with Gasteiger partial charge in [-0.1, -0.05) is 24.3 Å². The molecular weight excluding hydrogens is 470 g/mol. The summed E-state index contributed by atoms with van der Waals surface area (Å²) < 4.78 is 37.9. The molecule has 0 aliphatic heterocycles. The van der Waals surface area contributed by atoms with Gasteiger partial charge >= 0.3 is 5.97 Å². The topological polar surface area (TPSA) is 127 Å². The minimum atomic E-state index is -3.82. The Kier molecular flexibility index (Phi) is 8.31. The summed E-state index contributed by atoms with van der Waals surface area (Å²) in [6.07, 6.45) is 4.73. The van der Waals surface area contributed by atoms with Crippen molar-refractivity contribution in [2.24, 2.45) is 0 Å². The number of para-hydroxylation sites is 1. The van der Waals surface area contributed by atoms with E-state index in [1.807, 2.05) is 24.3 Å². The summed E-state index contributed by atoms with van der Waals surface area (Å²) in [6, 6.07) is 11.0. The minimum absolute atomic E-state index is 0.0389. The van der Waals surface area contributed by atoms with Crippen molar-refractivity contribution in [3.05, 3.63) is 65.9 Å². The third kappa shape index (κ3) is 6.49. The molecule has 3 aromatic rings. The minimum Gasteiger partial charge on any atom is -0.495 e. The molecular formula is C25H29N3O6S. The van der Waals surface area contributed by atoms with Gasteiger partial charge in [-0.15, -0.1) is 0 Å². The van der Waals surface area contributed by atoms with Crippen molar-refractivity contribution in [2.75, 3.05) is 14.2 Å². The van der Waals surface area contributed by atoms with E-state index in [4.69, 9.17) is 9.47 Å². The van der Waals surface area contributed by atoms with E-state index in [-0.39, 0.29) is 23.1 Å². The van der Waals surface area contributed by atoms with Crippen molar-refractivity contribution in [3.63, 3.8) is 0 Å². The first-order chi connectivity index (χ1) is 16.6. The lowest BCUT2D eigenvalue weighted by atomic mass is 10.0. The molecule has 10 heteroatoms. The molecule has 3 rings (SSSR count). The van der Waals surface area contributed by atoms with Crippen LogP contribution in [0.4, 0.5) is 0 Å². The van der Waals surface area contributed by atoms with E-state index in [0.717, 1.165) is 16.5 Å². The molecule has 1 amide bonds. The molecule has 0 aliphatic rings. The Hall–Kier alpha value is -3.63. The van der Waals surface area contributed by atoms with Gasteiger partial charge in [0.2, 0.25) is 15.9 Å². The van der Waals surface area contributed by atoms with Crippen LogP contribution in [0.1, 0.15) is 25.0 Å². The lowest BCUT2D eigenvalue weighted by Gasteiger charge is -2.15. The van der Waals surface area contributed by atoms with Gasteiger partial charge in [-0.25, -0.2) is 17.9 Å². The molecule has 0 unspecified atom stereocenters. The maximum absolute atomic E-state index is 12.7. The number of esters is 1. The summed E-state index contributed by atoms with van der Waals surface area (Å²) in [6.45, 7) is 3.43. The Labute approximate surface area is 204 Å². The Morgan fingerprint density at radius 2 is 1.86 bits per heavy atom. The second kappa shape index (κ2) is 11.2. The van der Waals surface area contributed by atoms with Crippen molar-refractivity contribution in [1.82, 2.24) is 15.0 Å². The number of sulfonamides is 1. The molecule has 0 saturated carbocycles. The Balaban J connectivity index is 1.78. The van der Waals surface area contributed by atoms with Crippen LogP contribution in [0.25, 0.3) is 17.0 Å². The summed E-state index contributed by atoms with van der Waals surface area (Å²) in [5.41, 5.74) is 2.26. The number of hydrogen-bond acceptors (Lipinski definition) is 6. The zero-order chi connectivity index (χ0) is 25.6. The number of ether oxygens (including phenoxy) is 2. The lowest BCUT2D eigenvalue weighted by Crippen LogP contribution is -2.42. The number of aromatic nitrogens is 1. The van der Waals surface area contributed by atoms with Crippen molar-refractivity contribution in [3.8, 4) is 5.75 Å². The molecule has 0 fully saturated rings. The fourth-order valence-electron chi connectivity index (χ4n) is 3.63. The van der Waals surface area contributed by atoms with Crippen LogP contribution in [0.3, 0.4) is 0 Å². The maximum Gasteiger partial charge on any atom is 0.328 e. The first-order valence-corrected chi connectivity index (χ1v) is 12.4. The van der Waals surface area contributed by atoms with Crippen molar-refractivity contribution in [1.29, 1.82) is 0 Å². The van der Waals surface area contributed by atoms with Crippen LogP contribution in [-0.2, 0) is 30.8 Å². The first-order valence-electron chi connectivity index (χ1n) is 11.0. The third-order valence-electron chi connectivity index (χ3n) is 5.20. The number of fused-ring (bicyclic) bond motifs is 1. The highest BCUT2D eigenvalue weighted by Crippen LogP contribution is 2.25. The van der Waals surface area contributed by atoms with Gasteiger partial charge in [0.1, 0.15) is 16.7 Å². The number of nitrogens with one attached hydrogen (secondary N) is 3. The number of carbonyl (C=O) groups is 2. The molecule has 0 spiro atoms. The van der Waals surface area contributed by atoms with Gasteiger partial charge in [0.15, 0.2) is 0 Å². The van der Waals surface area contributed by atoms with Crippen LogP contribution in [0.2, 0.25) is 0 Å². The number of rotatable bonds is 10. The number of methoxy groups -OCH3 is 2.